The Labute approximate surface area is 190 Å². The van der Waals surface area contributed by atoms with Gasteiger partial charge in [0.25, 0.3) is 0 Å². The van der Waals surface area contributed by atoms with Crippen LogP contribution in [0.5, 0.6) is 0 Å². The number of nitrogens with zero attached hydrogens (tertiary/aromatic N) is 2. The average molecular weight is 454 g/mol. The fourth-order valence-electron chi connectivity index (χ4n) is 3.49. The molecule has 1 heterocycles. The molecule has 0 spiro atoms. The number of nitrogens with one attached hydrogen (secondary N) is 1. The van der Waals surface area contributed by atoms with Crippen molar-refractivity contribution in [1.82, 2.24) is 14.9 Å². The lowest BCUT2D eigenvalue weighted by atomic mass is 10.1. The first-order valence-corrected chi connectivity index (χ1v) is 10.6. The van der Waals surface area contributed by atoms with E-state index in [1.54, 1.807) is 24.3 Å². The van der Waals surface area contributed by atoms with Crippen LogP contribution in [0.4, 0.5) is 0 Å². The fraction of sp³-hybridized carbons (Fsp3) is 0.167. The maximum atomic E-state index is 12.6. The number of hydrogen-bond acceptors (Lipinski definition) is 3. The number of rotatable bonds is 7. The summed E-state index contributed by atoms with van der Waals surface area (Å²) in [7, 11) is 0. The number of para-hydroxylation sites is 2. The Morgan fingerprint density at radius 2 is 1.71 bits per heavy atom. The number of aliphatic hydroxyl groups is 1. The molecule has 0 aliphatic carbocycles. The maximum Gasteiger partial charge on any atom is 0.227 e. The first-order valence-electron chi connectivity index (χ1n) is 9.89. The molecule has 4 rings (SSSR count). The lowest BCUT2D eigenvalue weighted by Crippen LogP contribution is -2.26. The summed E-state index contributed by atoms with van der Waals surface area (Å²) in [5, 5.41) is 14.9. The second-order valence-electron chi connectivity index (χ2n) is 7.24. The molecular formula is C24H21Cl2N3O2. The van der Waals surface area contributed by atoms with E-state index in [1.807, 2.05) is 53.1 Å². The summed E-state index contributed by atoms with van der Waals surface area (Å²) in [6, 6.07) is 22.2. The summed E-state index contributed by atoms with van der Waals surface area (Å²) in [4.78, 5) is 17.2. The molecule has 0 saturated carbocycles. The van der Waals surface area contributed by atoms with Crippen molar-refractivity contribution in [3.8, 4) is 0 Å². The number of aromatic nitrogens is 2. The highest BCUT2D eigenvalue weighted by atomic mass is 35.5. The smallest absolute Gasteiger partial charge is 0.227 e. The van der Waals surface area contributed by atoms with Crippen molar-refractivity contribution in [2.45, 2.75) is 25.6 Å². The van der Waals surface area contributed by atoms with Crippen LogP contribution in [0.2, 0.25) is 10.0 Å². The number of halogens is 2. The number of amides is 1. The van der Waals surface area contributed by atoms with Crippen LogP contribution in [0.1, 0.15) is 23.1 Å². The largest absolute Gasteiger partial charge is 0.386 e. The number of carbonyl (C=O) groups excluding carboxylic acids is 1. The predicted octanol–water partition coefficient (Wildman–Crippen LogP) is 4.94. The van der Waals surface area contributed by atoms with Crippen LogP contribution in [0.3, 0.4) is 0 Å². The van der Waals surface area contributed by atoms with Gasteiger partial charge in [0, 0.05) is 22.2 Å². The fourth-order valence-corrected chi connectivity index (χ4v) is 3.88. The molecule has 5 nitrogen and oxygen atoms in total. The molecule has 158 valence electrons. The highest BCUT2D eigenvalue weighted by Gasteiger charge is 2.18. The Balaban J connectivity index is 1.54. The van der Waals surface area contributed by atoms with Crippen molar-refractivity contribution >= 4 is 40.1 Å². The van der Waals surface area contributed by atoms with Crippen LogP contribution in [0, 0.1) is 0 Å². The molecule has 1 amide bonds. The minimum Gasteiger partial charge on any atom is -0.386 e. The van der Waals surface area contributed by atoms with Crippen molar-refractivity contribution in [3.63, 3.8) is 0 Å². The summed E-state index contributed by atoms with van der Waals surface area (Å²) in [5.41, 5.74) is 3.23. The lowest BCUT2D eigenvalue weighted by Gasteiger charge is -2.16. The zero-order valence-electron chi connectivity index (χ0n) is 16.6. The van der Waals surface area contributed by atoms with Crippen molar-refractivity contribution in [2.24, 2.45) is 0 Å². The summed E-state index contributed by atoms with van der Waals surface area (Å²) >= 11 is 12.2. The Kier molecular flexibility index (Phi) is 6.56. The molecule has 3 aromatic carbocycles. The monoisotopic (exact) mass is 453 g/mol. The van der Waals surface area contributed by atoms with Crippen molar-refractivity contribution in [1.29, 1.82) is 0 Å². The van der Waals surface area contributed by atoms with Crippen LogP contribution in [0.25, 0.3) is 11.0 Å². The molecule has 1 unspecified atom stereocenters. The van der Waals surface area contributed by atoms with E-state index in [2.05, 4.69) is 10.3 Å². The van der Waals surface area contributed by atoms with Crippen LogP contribution < -0.4 is 5.32 Å². The molecule has 0 aliphatic rings. The number of benzene rings is 3. The van der Waals surface area contributed by atoms with Gasteiger partial charge in [-0.3, -0.25) is 4.79 Å². The van der Waals surface area contributed by atoms with Gasteiger partial charge in [-0.05, 0) is 35.9 Å². The minimum absolute atomic E-state index is 0.0948. The summed E-state index contributed by atoms with van der Waals surface area (Å²) < 4.78 is 1.88. The zero-order valence-corrected chi connectivity index (χ0v) is 18.1. The van der Waals surface area contributed by atoms with Crippen molar-refractivity contribution < 1.29 is 9.90 Å². The topological polar surface area (TPSA) is 67.2 Å². The van der Waals surface area contributed by atoms with E-state index >= 15 is 0 Å². The molecule has 7 heteroatoms. The second kappa shape index (κ2) is 9.52. The van der Waals surface area contributed by atoms with Crippen molar-refractivity contribution in [2.75, 3.05) is 0 Å². The van der Waals surface area contributed by atoms with Gasteiger partial charge in [0.05, 0.1) is 30.1 Å². The number of hydrogen-bond donors (Lipinski definition) is 2. The molecule has 0 aliphatic heterocycles. The molecule has 4 aromatic rings. The van der Waals surface area contributed by atoms with Gasteiger partial charge in [-0.15, -0.1) is 0 Å². The zero-order chi connectivity index (χ0) is 21.8. The molecule has 31 heavy (non-hydrogen) atoms. The Morgan fingerprint density at radius 1 is 1.00 bits per heavy atom. The third-order valence-electron chi connectivity index (χ3n) is 5.07. The van der Waals surface area contributed by atoms with E-state index in [4.69, 9.17) is 23.2 Å². The van der Waals surface area contributed by atoms with Crippen molar-refractivity contribution in [3.05, 3.63) is 99.8 Å². The quantitative estimate of drug-likeness (QED) is 0.416. The standard InChI is InChI=1S/C24H21Cl2N3O2/c25-17-11-9-16(10-12-17)14-27-24(31)13-23-28-20-7-3-4-8-21(20)29(23)15-22(30)18-5-1-2-6-19(18)26/h1-12,22,30H,13-15H2,(H,27,31). The normalized spacial score (nSPS) is 12.1. The first kappa shape index (κ1) is 21.4. The molecule has 1 aromatic heterocycles. The van der Waals surface area contributed by atoms with E-state index in [-0.39, 0.29) is 18.9 Å². The third-order valence-corrected chi connectivity index (χ3v) is 5.67. The molecule has 0 fully saturated rings. The van der Waals surface area contributed by atoms with E-state index < -0.39 is 6.10 Å². The number of fused-ring (bicyclic) bond motifs is 1. The van der Waals surface area contributed by atoms with Gasteiger partial charge in [-0.2, -0.15) is 0 Å². The molecule has 1 atom stereocenters. The molecule has 0 bridgehead atoms. The van der Waals surface area contributed by atoms with Crippen LogP contribution in [0.15, 0.2) is 72.8 Å². The summed E-state index contributed by atoms with van der Waals surface area (Å²) in [5.74, 6) is 0.430. The van der Waals surface area contributed by atoms with Gasteiger partial charge >= 0.3 is 0 Å². The number of aliphatic hydroxyl groups excluding tert-OH is 1. The van der Waals surface area contributed by atoms with Gasteiger partial charge in [0.2, 0.25) is 5.91 Å². The third kappa shape index (κ3) is 5.07. The maximum absolute atomic E-state index is 12.6. The molecule has 0 radical (unpaired) electrons. The Bertz CT molecular complexity index is 1210. The van der Waals surface area contributed by atoms with E-state index in [9.17, 15) is 9.90 Å². The van der Waals surface area contributed by atoms with Gasteiger partial charge in [0.1, 0.15) is 5.82 Å². The Hall–Kier alpha value is -2.86. The van der Waals surface area contributed by atoms with Gasteiger partial charge < -0.3 is 15.0 Å². The predicted molar refractivity (Wildman–Crippen MR) is 123 cm³/mol. The second-order valence-corrected chi connectivity index (χ2v) is 8.09. The van der Waals surface area contributed by atoms with Crippen LogP contribution in [-0.2, 0) is 24.3 Å². The number of imidazole rings is 1. The Morgan fingerprint density at radius 3 is 2.48 bits per heavy atom. The van der Waals surface area contributed by atoms with Crippen LogP contribution in [-0.4, -0.2) is 20.6 Å². The lowest BCUT2D eigenvalue weighted by molar-refractivity contribution is -0.120. The summed E-state index contributed by atoms with van der Waals surface area (Å²) in [6.07, 6.45) is -0.737. The van der Waals surface area contributed by atoms with E-state index in [0.29, 0.717) is 28.0 Å². The highest BCUT2D eigenvalue weighted by Crippen LogP contribution is 2.26. The van der Waals surface area contributed by atoms with E-state index in [1.165, 1.54) is 0 Å². The molecule has 0 saturated heterocycles. The van der Waals surface area contributed by atoms with Gasteiger partial charge in [-0.1, -0.05) is 65.7 Å². The van der Waals surface area contributed by atoms with Gasteiger partial charge in [-0.25, -0.2) is 4.98 Å². The SMILES string of the molecule is O=C(Cc1nc2ccccc2n1CC(O)c1ccccc1Cl)NCc1ccc(Cl)cc1. The summed E-state index contributed by atoms with van der Waals surface area (Å²) in [6.45, 7) is 0.641. The average Bonchev–Trinajstić information content (AvgIpc) is 3.10. The highest BCUT2D eigenvalue weighted by molar-refractivity contribution is 6.31. The minimum atomic E-state index is -0.831. The van der Waals surface area contributed by atoms with E-state index in [0.717, 1.165) is 16.6 Å². The van der Waals surface area contributed by atoms with Gasteiger partial charge in [0.15, 0.2) is 0 Å². The molecule has 2 N–H and O–H groups in total. The van der Waals surface area contributed by atoms with Crippen LogP contribution >= 0.6 is 23.2 Å². The first-order chi connectivity index (χ1) is 15.0. The molecular weight excluding hydrogens is 433 g/mol. The number of carbonyl (C=O) groups is 1.